The average molecular weight is 387 g/mol. The van der Waals surface area contributed by atoms with Gasteiger partial charge in [0.05, 0.1) is 26.9 Å². The van der Waals surface area contributed by atoms with E-state index in [1.165, 1.54) is 13.3 Å². The fraction of sp³-hybridized carbons (Fsp3) is 0.450. The van der Waals surface area contributed by atoms with Crippen LogP contribution in [0.4, 0.5) is 0 Å². The molecule has 28 heavy (non-hydrogen) atoms. The van der Waals surface area contributed by atoms with E-state index in [2.05, 4.69) is 9.97 Å². The number of aromatic nitrogens is 2. The third kappa shape index (κ3) is 4.44. The molecular formula is C20H25N3O5. The van der Waals surface area contributed by atoms with Crippen LogP contribution in [0.3, 0.4) is 0 Å². The summed E-state index contributed by atoms with van der Waals surface area (Å²) in [6, 6.07) is 5.27. The number of carbonyl (C=O) groups excluding carboxylic acids is 1. The van der Waals surface area contributed by atoms with E-state index in [1.54, 1.807) is 29.3 Å². The van der Waals surface area contributed by atoms with E-state index >= 15 is 0 Å². The first-order chi connectivity index (χ1) is 13.7. The van der Waals surface area contributed by atoms with E-state index < -0.39 is 0 Å². The van der Waals surface area contributed by atoms with E-state index in [9.17, 15) is 4.79 Å². The number of rotatable bonds is 8. The molecule has 0 radical (unpaired) electrons. The van der Waals surface area contributed by atoms with Crippen LogP contribution in [-0.2, 0) is 0 Å². The summed E-state index contributed by atoms with van der Waals surface area (Å²) < 4.78 is 22.2. The Bertz CT molecular complexity index is 814. The smallest absolute Gasteiger partial charge is 0.278 e. The number of methoxy groups -OCH3 is 1. The molecule has 2 aromatic rings. The van der Waals surface area contributed by atoms with Crippen molar-refractivity contribution in [3.05, 3.63) is 36.2 Å². The fourth-order valence-electron chi connectivity index (χ4n) is 3.07. The third-order valence-corrected chi connectivity index (χ3v) is 4.33. The number of benzene rings is 1. The van der Waals surface area contributed by atoms with E-state index in [4.69, 9.17) is 18.9 Å². The van der Waals surface area contributed by atoms with Crippen molar-refractivity contribution in [2.75, 3.05) is 33.4 Å². The Morgan fingerprint density at radius 3 is 2.54 bits per heavy atom. The minimum Gasteiger partial charge on any atom is -0.490 e. The highest BCUT2D eigenvalue weighted by molar-refractivity contribution is 5.95. The molecule has 0 bridgehead atoms. The summed E-state index contributed by atoms with van der Waals surface area (Å²) >= 11 is 0. The molecule has 1 atom stereocenters. The molecular weight excluding hydrogens is 362 g/mol. The molecule has 1 aromatic carbocycles. The van der Waals surface area contributed by atoms with Crippen LogP contribution in [0, 0.1) is 0 Å². The molecule has 0 N–H and O–H groups in total. The molecule has 1 aromatic heterocycles. The molecule has 2 heterocycles. The Kier molecular flexibility index (Phi) is 6.52. The van der Waals surface area contributed by atoms with Crippen molar-refractivity contribution in [1.82, 2.24) is 14.9 Å². The molecule has 8 nitrogen and oxygen atoms in total. The number of likely N-dealkylation sites (tertiary alicyclic amines) is 1. The quantitative estimate of drug-likeness (QED) is 0.688. The van der Waals surface area contributed by atoms with E-state index in [1.807, 2.05) is 13.8 Å². The predicted octanol–water partition coefficient (Wildman–Crippen LogP) is 2.58. The zero-order chi connectivity index (χ0) is 19.9. The highest BCUT2D eigenvalue weighted by atomic mass is 16.5. The van der Waals surface area contributed by atoms with Gasteiger partial charge in [0.1, 0.15) is 6.10 Å². The normalized spacial score (nSPS) is 16.0. The maximum atomic E-state index is 12.9. The molecule has 0 saturated carbocycles. The van der Waals surface area contributed by atoms with Gasteiger partial charge in [0.2, 0.25) is 0 Å². The van der Waals surface area contributed by atoms with Gasteiger partial charge in [0.15, 0.2) is 11.5 Å². The van der Waals surface area contributed by atoms with Crippen LogP contribution in [-0.4, -0.2) is 60.3 Å². The molecule has 150 valence electrons. The zero-order valence-electron chi connectivity index (χ0n) is 16.4. The maximum Gasteiger partial charge on any atom is 0.278 e. The van der Waals surface area contributed by atoms with Crippen molar-refractivity contribution in [3.63, 3.8) is 0 Å². The first-order valence-corrected chi connectivity index (χ1v) is 9.36. The first-order valence-electron chi connectivity index (χ1n) is 9.36. The summed E-state index contributed by atoms with van der Waals surface area (Å²) in [6.07, 6.45) is 3.63. The highest BCUT2D eigenvalue weighted by Gasteiger charge is 2.30. The average Bonchev–Trinajstić information content (AvgIpc) is 3.18. The summed E-state index contributed by atoms with van der Waals surface area (Å²) in [7, 11) is 1.52. The van der Waals surface area contributed by atoms with Crippen LogP contribution >= 0.6 is 0 Å². The van der Waals surface area contributed by atoms with E-state index in [0.29, 0.717) is 61.5 Å². The van der Waals surface area contributed by atoms with Crippen molar-refractivity contribution in [3.8, 4) is 23.3 Å². The Hall–Kier alpha value is -3.03. The third-order valence-electron chi connectivity index (χ3n) is 4.33. The molecule has 1 saturated heterocycles. The second-order valence-corrected chi connectivity index (χ2v) is 6.18. The van der Waals surface area contributed by atoms with Crippen molar-refractivity contribution in [1.29, 1.82) is 0 Å². The van der Waals surface area contributed by atoms with Gasteiger partial charge < -0.3 is 23.8 Å². The van der Waals surface area contributed by atoms with Crippen LogP contribution in [0.2, 0.25) is 0 Å². The van der Waals surface area contributed by atoms with Crippen LogP contribution < -0.4 is 18.9 Å². The summed E-state index contributed by atoms with van der Waals surface area (Å²) in [6.45, 7) is 5.90. The van der Waals surface area contributed by atoms with Gasteiger partial charge >= 0.3 is 0 Å². The lowest BCUT2D eigenvalue weighted by molar-refractivity contribution is 0.0769. The minimum absolute atomic E-state index is 0.0683. The molecule has 3 rings (SSSR count). The van der Waals surface area contributed by atoms with Crippen LogP contribution in [0.25, 0.3) is 0 Å². The second kappa shape index (κ2) is 9.25. The summed E-state index contributed by atoms with van der Waals surface area (Å²) in [5.41, 5.74) is 0.560. The number of hydrogen-bond donors (Lipinski definition) is 0. The summed E-state index contributed by atoms with van der Waals surface area (Å²) in [4.78, 5) is 22.9. The lowest BCUT2D eigenvalue weighted by Gasteiger charge is -2.18. The van der Waals surface area contributed by atoms with Gasteiger partial charge in [-0.25, -0.2) is 9.97 Å². The zero-order valence-corrected chi connectivity index (χ0v) is 16.4. The van der Waals surface area contributed by atoms with Gasteiger partial charge in [-0.15, -0.1) is 0 Å². The molecule has 0 spiro atoms. The van der Waals surface area contributed by atoms with Crippen molar-refractivity contribution in [2.45, 2.75) is 26.4 Å². The maximum absolute atomic E-state index is 12.9. The van der Waals surface area contributed by atoms with E-state index in [-0.39, 0.29) is 12.0 Å². The fourth-order valence-corrected chi connectivity index (χ4v) is 3.07. The van der Waals surface area contributed by atoms with Gasteiger partial charge in [-0.1, -0.05) is 0 Å². The minimum atomic E-state index is -0.163. The van der Waals surface area contributed by atoms with Crippen LogP contribution in [0.15, 0.2) is 30.6 Å². The van der Waals surface area contributed by atoms with Gasteiger partial charge in [0.25, 0.3) is 17.7 Å². The Balaban J connectivity index is 1.68. The van der Waals surface area contributed by atoms with Gasteiger partial charge in [-0.05, 0) is 32.0 Å². The van der Waals surface area contributed by atoms with Gasteiger partial charge in [-0.3, -0.25) is 4.79 Å². The summed E-state index contributed by atoms with van der Waals surface area (Å²) in [5, 5.41) is 0. The molecule has 8 heteroatoms. The van der Waals surface area contributed by atoms with Gasteiger partial charge in [0, 0.05) is 30.9 Å². The molecule has 1 unspecified atom stereocenters. The lowest BCUT2D eigenvalue weighted by Crippen LogP contribution is -2.31. The number of amides is 1. The topological polar surface area (TPSA) is 83.0 Å². The molecule has 1 aliphatic rings. The molecule has 1 amide bonds. The SMILES string of the molecule is CCOc1ccc(C(=O)N2CCC(Oc3nccnc3OC)C2)cc1OCC. The van der Waals surface area contributed by atoms with Gasteiger partial charge in [-0.2, -0.15) is 0 Å². The summed E-state index contributed by atoms with van der Waals surface area (Å²) in [5.74, 6) is 1.81. The molecule has 1 aliphatic heterocycles. The number of nitrogens with zero attached hydrogens (tertiary/aromatic N) is 3. The van der Waals surface area contributed by atoms with Crippen molar-refractivity contribution < 1.29 is 23.7 Å². The number of ether oxygens (including phenoxy) is 4. The standard InChI is InChI=1S/C20H25N3O5/c1-4-26-16-7-6-14(12-17(16)27-5-2)20(24)23-11-8-15(13-23)28-19-18(25-3)21-9-10-22-19/h6-7,9-10,12,15H,4-5,8,11,13H2,1-3H3. The predicted molar refractivity (Wildman–Crippen MR) is 102 cm³/mol. The monoisotopic (exact) mass is 387 g/mol. The van der Waals surface area contributed by atoms with Crippen molar-refractivity contribution in [2.24, 2.45) is 0 Å². The van der Waals surface area contributed by atoms with E-state index in [0.717, 1.165) is 0 Å². The Morgan fingerprint density at radius 2 is 1.82 bits per heavy atom. The molecule has 0 aliphatic carbocycles. The Morgan fingerprint density at radius 1 is 1.11 bits per heavy atom. The first kappa shape index (κ1) is 19.7. The number of carbonyl (C=O) groups is 1. The highest BCUT2D eigenvalue weighted by Crippen LogP contribution is 2.30. The van der Waals surface area contributed by atoms with Crippen LogP contribution in [0.1, 0.15) is 30.6 Å². The van der Waals surface area contributed by atoms with Crippen LogP contribution in [0.5, 0.6) is 23.3 Å². The lowest BCUT2D eigenvalue weighted by atomic mass is 10.1. The molecule has 1 fully saturated rings. The second-order valence-electron chi connectivity index (χ2n) is 6.18. The Labute approximate surface area is 164 Å². The largest absolute Gasteiger partial charge is 0.490 e. The number of hydrogen-bond acceptors (Lipinski definition) is 7. The van der Waals surface area contributed by atoms with Crippen molar-refractivity contribution >= 4 is 5.91 Å².